The zero-order valence-electron chi connectivity index (χ0n) is 9.11. The molecule has 0 unspecified atom stereocenters. The largest absolute Gasteiger partial charge is 0.354 e. The summed E-state index contributed by atoms with van der Waals surface area (Å²) < 4.78 is 2.63. The number of aryl methyl sites for hydroxylation is 1. The quantitative estimate of drug-likeness (QED) is 0.937. The van der Waals surface area contributed by atoms with E-state index < -0.39 is 0 Å². The second kappa shape index (κ2) is 4.61. The van der Waals surface area contributed by atoms with E-state index in [1.165, 1.54) is 0 Å². The van der Waals surface area contributed by atoms with E-state index in [1.54, 1.807) is 10.9 Å². The van der Waals surface area contributed by atoms with Gasteiger partial charge >= 0.3 is 0 Å². The first kappa shape index (κ1) is 11.1. The van der Waals surface area contributed by atoms with Crippen molar-refractivity contribution in [3.8, 4) is 5.82 Å². The van der Waals surface area contributed by atoms with Gasteiger partial charge in [0.15, 0.2) is 5.82 Å². The Morgan fingerprint density at radius 2 is 2.25 bits per heavy atom. The minimum atomic E-state index is 0.629. The molecule has 0 spiro atoms. The van der Waals surface area contributed by atoms with E-state index in [-0.39, 0.29) is 0 Å². The predicted octanol–water partition coefficient (Wildman–Crippen LogP) is 2.17. The second-order valence-corrected chi connectivity index (χ2v) is 4.24. The van der Waals surface area contributed by atoms with Crippen molar-refractivity contribution in [2.45, 2.75) is 13.8 Å². The van der Waals surface area contributed by atoms with Crippen LogP contribution in [-0.2, 0) is 0 Å². The fourth-order valence-corrected chi connectivity index (χ4v) is 1.62. The van der Waals surface area contributed by atoms with Crippen molar-refractivity contribution in [1.82, 2.24) is 19.7 Å². The molecule has 0 aliphatic carbocycles. The van der Waals surface area contributed by atoms with Crippen LogP contribution < -0.4 is 5.32 Å². The van der Waals surface area contributed by atoms with E-state index in [4.69, 9.17) is 0 Å². The fraction of sp³-hybridized carbons (Fsp3) is 0.300. The van der Waals surface area contributed by atoms with Crippen molar-refractivity contribution in [2.24, 2.45) is 0 Å². The smallest absolute Gasteiger partial charge is 0.224 e. The summed E-state index contributed by atoms with van der Waals surface area (Å²) in [7, 11) is 0. The lowest BCUT2D eigenvalue weighted by atomic mass is 10.4. The molecule has 2 rings (SSSR count). The molecule has 5 nitrogen and oxygen atoms in total. The minimum Gasteiger partial charge on any atom is -0.354 e. The molecule has 0 amide bonds. The highest BCUT2D eigenvalue weighted by atomic mass is 79.9. The number of hydrogen-bond donors (Lipinski definition) is 1. The number of halogens is 1. The molecule has 0 atom stereocenters. The van der Waals surface area contributed by atoms with E-state index in [0.29, 0.717) is 5.95 Å². The summed E-state index contributed by atoms with van der Waals surface area (Å²) in [6.07, 6.45) is 3.59. The minimum absolute atomic E-state index is 0.629. The van der Waals surface area contributed by atoms with Gasteiger partial charge in [-0.15, -0.1) is 0 Å². The molecule has 0 aliphatic rings. The van der Waals surface area contributed by atoms with E-state index in [1.807, 2.05) is 26.1 Å². The highest BCUT2D eigenvalue weighted by molar-refractivity contribution is 9.10. The van der Waals surface area contributed by atoms with Crippen LogP contribution in [0.15, 0.2) is 22.9 Å². The first-order valence-corrected chi connectivity index (χ1v) is 5.78. The highest BCUT2D eigenvalue weighted by Gasteiger charge is 2.04. The average Bonchev–Trinajstić information content (AvgIpc) is 2.64. The first-order chi connectivity index (χ1) is 7.69. The number of aromatic nitrogens is 4. The molecule has 0 aliphatic heterocycles. The van der Waals surface area contributed by atoms with Crippen molar-refractivity contribution in [3.05, 3.63) is 28.6 Å². The molecule has 1 N–H and O–H groups in total. The van der Waals surface area contributed by atoms with Crippen LogP contribution in [0.1, 0.15) is 12.6 Å². The molecule has 2 aromatic rings. The Labute approximate surface area is 102 Å². The molecule has 0 bridgehead atoms. The van der Waals surface area contributed by atoms with Crippen LogP contribution in [0.2, 0.25) is 0 Å². The van der Waals surface area contributed by atoms with Crippen molar-refractivity contribution in [3.63, 3.8) is 0 Å². The molecule has 0 radical (unpaired) electrons. The third-order valence-electron chi connectivity index (χ3n) is 1.96. The maximum Gasteiger partial charge on any atom is 0.224 e. The van der Waals surface area contributed by atoms with Crippen LogP contribution in [0, 0.1) is 6.92 Å². The van der Waals surface area contributed by atoms with Crippen LogP contribution in [0.25, 0.3) is 5.82 Å². The normalized spacial score (nSPS) is 10.4. The van der Waals surface area contributed by atoms with Gasteiger partial charge in [-0.1, -0.05) is 0 Å². The Kier molecular flexibility index (Phi) is 3.19. The Morgan fingerprint density at radius 1 is 1.44 bits per heavy atom. The summed E-state index contributed by atoms with van der Waals surface area (Å²) in [5, 5.41) is 7.27. The highest BCUT2D eigenvalue weighted by Crippen LogP contribution is 2.12. The third-order valence-corrected chi connectivity index (χ3v) is 2.37. The molecule has 6 heteroatoms. The monoisotopic (exact) mass is 281 g/mol. The van der Waals surface area contributed by atoms with Gasteiger partial charge in [-0.2, -0.15) is 10.1 Å². The van der Waals surface area contributed by atoms with Crippen LogP contribution >= 0.6 is 15.9 Å². The van der Waals surface area contributed by atoms with Gasteiger partial charge in [-0.25, -0.2) is 9.67 Å². The standard InChI is InChI=1S/C10H12BrN5/c1-3-12-10-14-7(2)4-9(15-10)16-6-8(11)5-13-16/h4-6H,3H2,1-2H3,(H,12,14,15). The maximum absolute atomic E-state index is 4.36. The van der Waals surface area contributed by atoms with Gasteiger partial charge < -0.3 is 5.32 Å². The molecule has 0 fully saturated rings. The Balaban J connectivity index is 2.40. The van der Waals surface area contributed by atoms with Crippen LogP contribution in [0.3, 0.4) is 0 Å². The predicted molar refractivity (Wildman–Crippen MR) is 65.8 cm³/mol. The van der Waals surface area contributed by atoms with Crippen LogP contribution in [0.4, 0.5) is 5.95 Å². The second-order valence-electron chi connectivity index (χ2n) is 3.32. The topological polar surface area (TPSA) is 55.6 Å². The molecule has 2 heterocycles. The van der Waals surface area contributed by atoms with Crippen molar-refractivity contribution in [2.75, 3.05) is 11.9 Å². The summed E-state index contributed by atoms with van der Waals surface area (Å²) >= 11 is 3.35. The lowest BCUT2D eigenvalue weighted by molar-refractivity contribution is 0.835. The van der Waals surface area contributed by atoms with Crippen molar-refractivity contribution < 1.29 is 0 Å². The Hall–Kier alpha value is -1.43. The number of hydrogen-bond acceptors (Lipinski definition) is 4. The van der Waals surface area contributed by atoms with E-state index in [9.17, 15) is 0 Å². The molecule has 0 saturated heterocycles. The molecule has 2 aromatic heterocycles. The summed E-state index contributed by atoms with van der Waals surface area (Å²) in [4.78, 5) is 8.65. The van der Waals surface area contributed by atoms with E-state index in [0.717, 1.165) is 22.5 Å². The SMILES string of the molecule is CCNc1nc(C)cc(-n2cc(Br)cn2)n1. The van der Waals surface area contributed by atoms with Crippen LogP contribution in [0.5, 0.6) is 0 Å². The molecule has 16 heavy (non-hydrogen) atoms. The van der Waals surface area contributed by atoms with Gasteiger partial charge in [-0.05, 0) is 29.8 Å². The number of nitrogens with zero attached hydrogens (tertiary/aromatic N) is 4. The van der Waals surface area contributed by atoms with Gasteiger partial charge in [0.05, 0.1) is 10.7 Å². The van der Waals surface area contributed by atoms with Crippen LogP contribution in [-0.4, -0.2) is 26.3 Å². The van der Waals surface area contributed by atoms with Gasteiger partial charge in [0, 0.05) is 24.5 Å². The third kappa shape index (κ3) is 2.38. The number of anilines is 1. The molecule has 84 valence electrons. The summed E-state index contributed by atoms with van der Waals surface area (Å²) in [6.45, 7) is 4.74. The number of rotatable bonds is 3. The molecular weight excluding hydrogens is 270 g/mol. The maximum atomic E-state index is 4.36. The number of nitrogens with one attached hydrogen (secondary N) is 1. The zero-order chi connectivity index (χ0) is 11.5. The van der Waals surface area contributed by atoms with E-state index in [2.05, 4.69) is 36.3 Å². The lowest BCUT2D eigenvalue weighted by Crippen LogP contribution is -2.07. The zero-order valence-corrected chi connectivity index (χ0v) is 10.7. The molecule has 0 saturated carbocycles. The molecular formula is C10H12BrN5. The Morgan fingerprint density at radius 3 is 2.88 bits per heavy atom. The van der Waals surface area contributed by atoms with Crippen molar-refractivity contribution >= 4 is 21.9 Å². The van der Waals surface area contributed by atoms with E-state index >= 15 is 0 Å². The average molecular weight is 282 g/mol. The fourth-order valence-electron chi connectivity index (χ4n) is 1.33. The Bertz CT molecular complexity index is 494. The first-order valence-electron chi connectivity index (χ1n) is 4.99. The van der Waals surface area contributed by atoms with Gasteiger partial charge in [0.25, 0.3) is 0 Å². The lowest BCUT2D eigenvalue weighted by Gasteiger charge is -2.06. The summed E-state index contributed by atoms with van der Waals surface area (Å²) in [5.41, 5.74) is 0.910. The summed E-state index contributed by atoms with van der Waals surface area (Å²) in [5.74, 6) is 1.39. The van der Waals surface area contributed by atoms with Gasteiger partial charge in [0.2, 0.25) is 5.95 Å². The van der Waals surface area contributed by atoms with Gasteiger partial charge in [-0.3, -0.25) is 0 Å². The van der Waals surface area contributed by atoms with Crippen molar-refractivity contribution in [1.29, 1.82) is 0 Å². The molecule has 0 aromatic carbocycles. The summed E-state index contributed by atoms with van der Waals surface area (Å²) in [6, 6.07) is 1.89. The van der Waals surface area contributed by atoms with Gasteiger partial charge in [0.1, 0.15) is 0 Å².